The van der Waals surface area contributed by atoms with Gasteiger partial charge < -0.3 is 13.9 Å². The summed E-state index contributed by atoms with van der Waals surface area (Å²) in [5, 5.41) is 0. The Morgan fingerprint density at radius 3 is 2.12 bits per heavy atom. The first kappa shape index (κ1) is 26.3. The van der Waals surface area contributed by atoms with Crippen LogP contribution in [-0.2, 0) is 9.16 Å². The molecule has 0 heterocycles. The molecule has 1 aromatic carbocycles. The summed E-state index contributed by atoms with van der Waals surface area (Å²) in [5.74, 6) is -4.43. The third kappa shape index (κ3) is 6.55. The van der Waals surface area contributed by atoms with Gasteiger partial charge in [-0.3, -0.25) is 0 Å². The molecule has 1 saturated carbocycles. The fraction of sp³-hybridized carbons (Fsp3) is 0.667. The van der Waals surface area contributed by atoms with Crippen molar-refractivity contribution in [2.45, 2.75) is 83.2 Å². The first-order valence-electron chi connectivity index (χ1n) is 10.5. The average Bonchev–Trinajstić information content (AvgIpc) is 2.64. The van der Waals surface area contributed by atoms with E-state index in [0.29, 0.717) is 24.8 Å². The molecule has 0 aromatic heterocycles. The van der Waals surface area contributed by atoms with Gasteiger partial charge in [0.2, 0.25) is 5.82 Å². The van der Waals surface area contributed by atoms with E-state index in [9.17, 15) is 31.1 Å². The molecule has 1 aromatic rings. The van der Waals surface area contributed by atoms with Gasteiger partial charge in [-0.05, 0) is 68.8 Å². The Morgan fingerprint density at radius 1 is 1.00 bits per heavy atom. The third-order valence-electron chi connectivity index (χ3n) is 5.24. The SMILES string of the molecule is CCC[C@H]1CC[C@H](c2ccc(OC(F)(F)C(F)(F)OC(=O)O[Si](C)(C)C)c(F)c2F)CC1. The fourth-order valence-electron chi connectivity index (χ4n) is 3.74. The third-order valence-corrected chi connectivity index (χ3v) is 6.02. The van der Waals surface area contributed by atoms with E-state index in [4.69, 9.17) is 0 Å². The van der Waals surface area contributed by atoms with Crippen molar-refractivity contribution in [2.75, 3.05) is 0 Å². The summed E-state index contributed by atoms with van der Waals surface area (Å²) in [6.45, 7) is 6.39. The van der Waals surface area contributed by atoms with Gasteiger partial charge >= 0.3 is 18.4 Å². The summed E-state index contributed by atoms with van der Waals surface area (Å²) in [7, 11) is -2.71. The zero-order valence-electron chi connectivity index (χ0n) is 18.5. The van der Waals surface area contributed by atoms with Crippen molar-refractivity contribution in [1.82, 2.24) is 0 Å². The number of carbonyl (C=O) groups is 1. The van der Waals surface area contributed by atoms with Crippen LogP contribution in [0.5, 0.6) is 5.75 Å². The predicted octanol–water partition coefficient (Wildman–Crippen LogP) is 7.59. The van der Waals surface area contributed by atoms with Gasteiger partial charge in [-0.15, -0.1) is 0 Å². The Hall–Kier alpha value is -1.91. The van der Waals surface area contributed by atoms with Crippen molar-refractivity contribution in [2.24, 2.45) is 5.92 Å². The molecule has 32 heavy (non-hydrogen) atoms. The van der Waals surface area contributed by atoms with E-state index < -0.39 is 44.1 Å². The molecule has 0 atom stereocenters. The molecule has 0 aliphatic heterocycles. The molecule has 0 saturated heterocycles. The number of benzene rings is 1. The largest absolute Gasteiger partial charge is 0.512 e. The molecule has 11 heteroatoms. The van der Waals surface area contributed by atoms with Crippen LogP contribution in [0, 0.1) is 17.6 Å². The van der Waals surface area contributed by atoms with E-state index in [-0.39, 0.29) is 11.5 Å². The molecule has 0 radical (unpaired) electrons. The van der Waals surface area contributed by atoms with Gasteiger partial charge in [-0.25, -0.2) is 9.18 Å². The Balaban J connectivity index is 2.13. The highest BCUT2D eigenvalue weighted by molar-refractivity contribution is 6.71. The summed E-state index contributed by atoms with van der Waals surface area (Å²) in [5.41, 5.74) is -0.00478. The standard InChI is InChI=1S/C21H28F6O4Si/c1-5-6-13-7-9-14(10-8-13)15-11-12-16(18(23)17(15)22)29-20(24,25)21(26,27)30-19(28)31-32(2,3)4/h11-14H,5-10H2,1-4H3/t13-,14-. The summed E-state index contributed by atoms with van der Waals surface area (Å²) >= 11 is 0. The molecular formula is C21H28F6O4Si. The maximum absolute atomic E-state index is 14.6. The Morgan fingerprint density at radius 2 is 1.59 bits per heavy atom. The number of hydrogen-bond acceptors (Lipinski definition) is 4. The number of carbonyl (C=O) groups excluding carboxylic acids is 1. The van der Waals surface area contributed by atoms with E-state index in [0.717, 1.165) is 31.7 Å². The minimum Gasteiger partial charge on any atom is -0.490 e. The van der Waals surface area contributed by atoms with Crippen LogP contribution < -0.4 is 4.74 Å². The quantitative estimate of drug-likeness (QED) is 0.216. The topological polar surface area (TPSA) is 44.8 Å². The molecule has 1 aliphatic rings. The lowest BCUT2D eigenvalue weighted by Crippen LogP contribution is -2.49. The smallest absolute Gasteiger partial charge is 0.490 e. The van der Waals surface area contributed by atoms with Crippen LogP contribution in [0.25, 0.3) is 0 Å². The minimum atomic E-state index is -5.48. The first-order valence-corrected chi connectivity index (χ1v) is 13.9. The van der Waals surface area contributed by atoms with Crippen LogP contribution in [0.1, 0.15) is 56.9 Å². The number of hydrogen-bond donors (Lipinski definition) is 0. The van der Waals surface area contributed by atoms with Gasteiger partial charge in [0.1, 0.15) is 0 Å². The van der Waals surface area contributed by atoms with E-state index >= 15 is 0 Å². The lowest BCUT2D eigenvalue weighted by molar-refractivity contribution is -0.391. The highest BCUT2D eigenvalue weighted by Gasteiger charge is 2.65. The second-order valence-corrected chi connectivity index (χ2v) is 13.4. The summed E-state index contributed by atoms with van der Waals surface area (Å²) < 4.78 is 96.3. The fourth-order valence-corrected chi connectivity index (χ4v) is 4.29. The average molecular weight is 487 g/mol. The molecule has 4 nitrogen and oxygen atoms in total. The molecule has 0 amide bonds. The van der Waals surface area contributed by atoms with E-state index in [1.807, 2.05) is 0 Å². The number of ether oxygens (including phenoxy) is 2. The lowest BCUT2D eigenvalue weighted by Gasteiger charge is -2.29. The van der Waals surface area contributed by atoms with Crippen LogP contribution >= 0.6 is 0 Å². The van der Waals surface area contributed by atoms with Crippen molar-refractivity contribution >= 4 is 14.5 Å². The normalized spacial score (nSPS) is 20.1. The number of alkyl halides is 4. The zero-order chi connectivity index (χ0) is 24.3. The number of rotatable bonds is 8. The van der Waals surface area contributed by atoms with Crippen LogP contribution in [-0.4, -0.2) is 26.7 Å². The summed E-state index contributed by atoms with van der Waals surface area (Å²) in [6.07, 6.45) is -7.99. The second kappa shape index (κ2) is 9.92. The zero-order valence-corrected chi connectivity index (χ0v) is 19.5. The van der Waals surface area contributed by atoms with Gasteiger partial charge in [0.25, 0.3) is 8.32 Å². The molecule has 0 bridgehead atoms. The van der Waals surface area contributed by atoms with E-state index in [1.54, 1.807) is 0 Å². The summed E-state index contributed by atoms with van der Waals surface area (Å²) in [4.78, 5) is 11.4. The van der Waals surface area contributed by atoms with Crippen molar-refractivity contribution in [3.63, 3.8) is 0 Å². The highest BCUT2D eigenvalue weighted by atomic mass is 28.4. The monoisotopic (exact) mass is 486 g/mol. The summed E-state index contributed by atoms with van der Waals surface area (Å²) in [6, 6.07) is 1.74. The van der Waals surface area contributed by atoms with E-state index in [2.05, 4.69) is 20.8 Å². The van der Waals surface area contributed by atoms with Gasteiger partial charge in [-0.2, -0.15) is 22.0 Å². The van der Waals surface area contributed by atoms with Gasteiger partial charge in [0.05, 0.1) is 0 Å². The number of halogens is 6. The molecule has 2 rings (SSSR count). The van der Waals surface area contributed by atoms with Gasteiger partial charge in [0.15, 0.2) is 11.6 Å². The molecular weight excluding hydrogens is 458 g/mol. The van der Waals surface area contributed by atoms with Crippen molar-refractivity contribution in [3.05, 3.63) is 29.3 Å². The molecule has 0 N–H and O–H groups in total. The maximum Gasteiger partial charge on any atom is 0.512 e. The highest BCUT2D eigenvalue weighted by Crippen LogP contribution is 2.42. The Kier molecular flexibility index (Phi) is 8.17. The van der Waals surface area contributed by atoms with Crippen LogP contribution in [0.2, 0.25) is 19.6 Å². The van der Waals surface area contributed by atoms with Crippen LogP contribution in [0.4, 0.5) is 31.1 Å². The van der Waals surface area contributed by atoms with Crippen molar-refractivity contribution < 1.29 is 45.0 Å². The minimum absolute atomic E-state index is 0.00478. The maximum atomic E-state index is 14.6. The second-order valence-electron chi connectivity index (χ2n) is 8.99. The molecule has 182 valence electrons. The van der Waals surface area contributed by atoms with E-state index in [1.165, 1.54) is 19.6 Å². The van der Waals surface area contributed by atoms with Crippen LogP contribution in [0.15, 0.2) is 12.1 Å². The van der Waals surface area contributed by atoms with Gasteiger partial charge in [-0.1, -0.05) is 25.8 Å². The predicted molar refractivity (Wildman–Crippen MR) is 107 cm³/mol. The van der Waals surface area contributed by atoms with Crippen LogP contribution in [0.3, 0.4) is 0 Å². The molecule has 1 fully saturated rings. The first-order chi connectivity index (χ1) is 14.7. The van der Waals surface area contributed by atoms with Crippen molar-refractivity contribution in [1.29, 1.82) is 0 Å². The Bertz CT molecular complexity index is 804. The molecule has 1 aliphatic carbocycles. The Labute approximate surface area is 184 Å². The lowest BCUT2D eigenvalue weighted by atomic mass is 9.77. The van der Waals surface area contributed by atoms with Gasteiger partial charge in [0, 0.05) is 0 Å². The van der Waals surface area contributed by atoms with Crippen molar-refractivity contribution in [3.8, 4) is 5.75 Å². The molecule has 0 unspecified atom stereocenters. The molecule has 0 spiro atoms.